The molecule has 1 aromatic carbocycles. The molecule has 0 saturated heterocycles. The molecule has 0 aliphatic rings. The maximum absolute atomic E-state index is 12.2. The summed E-state index contributed by atoms with van der Waals surface area (Å²) in [5.41, 5.74) is -0.246. The Morgan fingerprint density at radius 3 is 2.33 bits per heavy atom. The van der Waals surface area contributed by atoms with Gasteiger partial charge in [-0.1, -0.05) is 12.1 Å². The van der Waals surface area contributed by atoms with E-state index in [1.807, 2.05) is 0 Å². The highest BCUT2D eigenvalue weighted by atomic mass is 16.5. The molecule has 1 aromatic heterocycles. The molecule has 0 spiro atoms. The number of ether oxygens (including phenoxy) is 1. The van der Waals surface area contributed by atoms with E-state index in [1.165, 1.54) is 24.9 Å². The van der Waals surface area contributed by atoms with Gasteiger partial charge in [-0.05, 0) is 17.7 Å². The van der Waals surface area contributed by atoms with Crippen LogP contribution in [0.25, 0.3) is 0 Å². The number of aryl methyl sites for hydroxylation is 1. The highest BCUT2D eigenvalue weighted by molar-refractivity contribution is 5.96. The minimum absolute atomic E-state index is 0.00965. The fourth-order valence-electron chi connectivity index (χ4n) is 2.02. The zero-order chi connectivity index (χ0) is 15.6. The van der Waals surface area contributed by atoms with Crippen molar-refractivity contribution in [3.63, 3.8) is 0 Å². The minimum atomic E-state index is -0.573. The number of benzene rings is 1. The van der Waals surface area contributed by atoms with E-state index in [1.54, 1.807) is 31.4 Å². The van der Waals surface area contributed by atoms with Crippen LogP contribution >= 0.6 is 0 Å². The van der Waals surface area contributed by atoms with Gasteiger partial charge in [0.15, 0.2) is 5.78 Å². The fourth-order valence-corrected chi connectivity index (χ4v) is 2.02. The van der Waals surface area contributed by atoms with Gasteiger partial charge in [0.05, 0.1) is 12.7 Å². The van der Waals surface area contributed by atoms with Gasteiger partial charge < -0.3 is 9.30 Å². The average molecular weight is 288 g/mol. The highest BCUT2D eigenvalue weighted by Gasteiger charge is 2.15. The molecule has 0 aliphatic carbocycles. The van der Waals surface area contributed by atoms with Crippen molar-refractivity contribution < 1.29 is 9.53 Å². The number of hydrogen-bond acceptors (Lipinski definition) is 4. The lowest BCUT2D eigenvalue weighted by Gasteiger charge is -2.06. The number of Topliss-reactive ketones (excluding diaryl/α,β-unsaturated/α-hetero) is 1. The van der Waals surface area contributed by atoms with Crippen LogP contribution in [-0.2, 0) is 20.5 Å². The van der Waals surface area contributed by atoms with Crippen molar-refractivity contribution in [1.82, 2.24) is 9.13 Å². The molecular formula is C15H16N2O4. The third-order valence-electron chi connectivity index (χ3n) is 3.27. The topological polar surface area (TPSA) is 70.3 Å². The summed E-state index contributed by atoms with van der Waals surface area (Å²) in [5, 5.41) is 0. The molecule has 0 bridgehead atoms. The molecular weight excluding hydrogens is 272 g/mol. The quantitative estimate of drug-likeness (QED) is 0.769. The van der Waals surface area contributed by atoms with E-state index in [9.17, 15) is 14.4 Å². The van der Waals surface area contributed by atoms with Crippen LogP contribution in [0.5, 0.6) is 5.75 Å². The van der Waals surface area contributed by atoms with Crippen molar-refractivity contribution in [3.8, 4) is 5.75 Å². The Labute approximate surface area is 121 Å². The Morgan fingerprint density at radius 2 is 1.76 bits per heavy atom. The zero-order valence-electron chi connectivity index (χ0n) is 12.1. The molecule has 0 amide bonds. The molecule has 6 heteroatoms. The maximum atomic E-state index is 12.2. The van der Waals surface area contributed by atoms with Crippen LogP contribution in [-0.4, -0.2) is 22.0 Å². The predicted molar refractivity (Wildman–Crippen MR) is 78.0 cm³/mol. The molecule has 0 fully saturated rings. The summed E-state index contributed by atoms with van der Waals surface area (Å²) in [7, 11) is 4.43. The van der Waals surface area contributed by atoms with Crippen LogP contribution in [0.1, 0.15) is 15.9 Å². The van der Waals surface area contributed by atoms with Crippen LogP contribution in [0, 0.1) is 0 Å². The first kappa shape index (κ1) is 14.8. The van der Waals surface area contributed by atoms with Crippen molar-refractivity contribution in [2.24, 2.45) is 14.1 Å². The lowest BCUT2D eigenvalue weighted by atomic mass is 10.1. The second-order valence-electron chi connectivity index (χ2n) is 4.75. The number of carbonyl (C=O) groups excluding carboxylic acids is 1. The predicted octanol–water partition coefficient (Wildman–Crippen LogP) is 0.518. The molecule has 0 atom stereocenters. The third kappa shape index (κ3) is 2.94. The summed E-state index contributed by atoms with van der Waals surface area (Å²) in [6.45, 7) is 0. The molecule has 0 unspecified atom stereocenters. The van der Waals surface area contributed by atoms with Crippen molar-refractivity contribution in [2.45, 2.75) is 6.42 Å². The SMILES string of the molecule is COc1ccc(CC(=O)c2cn(C)c(=O)n(C)c2=O)cc1. The largest absolute Gasteiger partial charge is 0.497 e. The summed E-state index contributed by atoms with van der Waals surface area (Å²) in [6, 6.07) is 7.04. The van der Waals surface area contributed by atoms with E-state index in [4.69, 9.17) is 4.74 Å². The third-order valence-corrected chi connectivity index (χ3v) is 3.27. The number of aromatic nitrogens is 2. The monoisotopic (exact) mass is 288 g/mol. The Morgan fingerprint density at radius 1 is 1.14 bits per heavy atom. The summed E-state index contributed by atoms with van der Waals surface area (Å²) in [6.07, 6.45) is 1.38. The highest BCUT2D eigenvalue weighted by Crippen LogP contribution is 2.12. The average Bonchev–Trinajstić information content (AvgIpc) is 2.49. The molecule has 0 N–H and O–H groups in total. The van der Waals surface area contributed by atoms with Gasteiger partial charge >= 0.3 is 5.69 Å². The first-order valence-electron chi connectivity index (χ1n) is 6.37. The van der Waals surface area contributed by atoms with Gasteiger partial charge in [0, 0.05) is 26.7 Å². The Bertz CT molecular complexity index is 785. The number of hydrogen-bond donors (Lipinski definition) is 0. The van der Waals surface area contributed by atoms with Crippen LogP contribution in [0.4, 0.5) is 0 Å². The Hall–Kier alpha value is -2.63. The molecule has 6 nitrogen and oxygen atoms in total. The second-order valence-corrected chi connectivity index (χ2v) is 4.75. The Balaban J connectivity index is 2.32. The van der Waals surface area contributed by atoms with E-state index in [0.717, 1.165) is 10.1 Å². The summed E-state index contributed by atoms with van der Waals surface area (Å²) >= 11 is 0. The maximum Gasteiger partial charge on any atom is 0.330 e. The first-order valence-corrected chi connectivity index (χ1v) is 6.37. The van der Waals surface area contributed by atoms with E-state index in [-0.39, 0.29) is 17.8 Å². The molecule has 0 aliphatic heterocycles. The summed E-state index contributed by atoms with van der Waals surface area (Å²) in [5.74, 6) is 0.376. The van der Waals surface area contributed by atoms with E-state index >= 15 is 0 Å². The van der Waals surface area contributed by atoms with Crippen molar-refractivity contribution >= 4 is 5.78 Å². The number of methoxy groups -OCH3 is 1. The number of rotatable bonds is 4. The van der Waals surface area contributed by atoms with Crippen LogP contribution in [0.2, 0.25) is 0 Å². The van der Waals surface area contributed by atoms with E-state index in [2.05, 4.69) is 0 Å². The Kier molecular flexibility index (Phi) is 4.07. The van der Waals surface area contributed by atoms with Crippen molar-refractivity contribution in [3.05, 3.63) is 62.4 Å². The van der Waals surface area contributed by atoms with Gasteiger partial charge in [0.25, 0.3) is 5.56 Å². The minimum Gasteiger partial charge on any atom is -0.497 e. The smallest absolute Gasteiger partial charge is 0.330 e. The van der Waals surface area contributed by atoms with Gasteiger partial charge in [-0.25, -0.2) is 4.79 Å². The van der Waals surface area contributed by atoms with Crippen molar-refractivity contribution in [1.29, 1.82) is 0 Å². The van der Waals surface area contributed by atoms with Gasteiger partial charge in [-0.15, -0.1) is 0 Å². The molecule has 0 saturated carbocycles. The van der Waals surface area contributed by atoms with Gasteiger partial charge in [0.1, 0.15) is 5.75 Å². The summed E-state index contributed by atoms with van der Waals surface area (Å²) < 4.78 is 7.20. The van der Waals surface area contributed by atoms with Crippen molar-refractivity contribution in [2.75, 3.05) is 7.11 Å². The van der Waals surface area contributed by atoms with Gasteiger partial charge in [-0.3, -0.25) is 14.2 Å². The van der Waals surface area contributed by atoms with Gasteiger partial charge in [-0.2, -0.15) is 0 Å². The lowest BCUT2D eigenvalue weighted by molar-refractivity contribution is 0.0990. The normalized spacial score (nSPS) is 10.4. The van der Waals surface area contributed by atoms with Crippen LogP contribution in [0.15, 0.2) is 40.1 Å². The van der Waals surface area contributed by atoms with Crippen LogP contribution < -0.4 is 16.0 Å². The van der Waals surface area contributed by atoms with Crippen LogP contribution in [0.3, 0.4) is 0 Å². The standard InChI is InChI=1S/C15H16N2O4/c1-16-9-12(14(19)17(2)15(16)20)13(18)8-10-4-6-11(21-3)7-5-10/h4-7,9H,8H2,1-3H3. The number of carbonyl (C=O) groups is 1. The molecule has 1 heterocycles. The van der Waals surface area contributed by atoms with Gasteiger partial charge in [0.2, 0.25) is 0 Å². The van der Waals surface area contributed by atoms with E-state index < -0.39 is 11.2 Å². The molecule has 0 radical (unpaired) electrons. The zero-order valence-corrected chi connectivity index (χ0v) is 12.1. The molecule has 21 heavy (non-hydrogen) atoms. The molecule has 2 rings (SSSR count). The summed E-state index contributed by atoms with van der Waals surface area (Å²) in [4.78, 5) is 35.8. The molecule has 2 aromatic rings. The number of ketones is 1. The lowest BCUT2D eigenvalue weighted by Crippen LogP contribution is -2.39. The number of nitrogens with zero attached hydrogens (tertiary/aromatic N) is 2. The second kappa shape index (κ2) is 5.78. The first-order chi connectivity index (χ1) is 9.93. The fraction of sp³-hybridized carbons (Fsp3) is 0.267. The molecule has 110 valence electrons. The van der Waals surface area contributed by atoms with E-state index in [0.29, 0.717) is 5.75 Å².